The highest BCUT2D eigenvalue weighted by molar-refractivity contribution is 6.01. The van der Waals surface area contributed by atoms with Gasteiger partial charge in [-0.05, 0) is 68.1 Å². The van der Waals surface area contributed by atoms with Crippen LogP contribution in [0.3, 0.4) is 0 Å². The molecule has 0 saturated carbocycles. The molecule has 0 fully saturated rings. The van der Waals surface area contributed by atoms with E-state index < -0.39 is 6.04 Å². The molecule has 0 bridgehead atoms. The van der Waals surface area contributed by atoms with Crippen LogP contribution in [0.1, 0.15) is 42.3 Å². The van der Waals surface area contributed by atoms with E-state index in [1.54, 1.807) is 24.3 Å². The van der Waals surface area contributed by atoms with Gasteiger partial charge >= 0.3 is 0 Å². The van der Waals surface area contributed by atoms with Crippen LogP contribution in [0.25, 0.3) is 0 Å². The van der Waals surface area contributed by atoms with Crippen molar-refractivity contribution < 1.29 is 14.3 Å². The quantitative estimate of drug-likeness (QED) is 0.773. The van der Waals surface area contributed by atoms with Crippen LogP contribution in [-0.4, -0.2) is 24.5 Å². The van der Waals surface area contributed by atoms with Crippen LogP contribution < -0.4 is 15.4 Å². The van der Waals surface area contributed by atoms with Crippen LogP contribution in [-0.2, 0) is 4.79 Å². The SMILES string of the molecule is CCOc1ccc(C(=O)N[C@H](C(=O)Nc2cc(C)ccc2C)C(C)C)cc1. The van der Waals surface area contributed by atoms with Gasteiger partial charge < -0.3 is 15.4 Å². The van der Waals surface area contributed by atoms with E-state index in [1.165, 1.54) is 0 Å². The molecule has 0 unspecified atom stereocenters. The monoisotopic (exact) mass is 368 g/mol. The fourth-order valence-corrected chi connectivity index (χ4v) is 2.71. The molecular formula is C22H28N2O3. The second-order valence-electron chi connectivity index (χ2n) is 6.96. The Kier molecular flexibility index (Phi) is 6.99. The van der Waals surface area contributed by atoms with Crippen LogP contribution in [0.2, 0.25) is 0 Å². The number of aryl methyl sites for hydroxylation is 2. The lowest BCUT2D eigenvalue weighted by Gasteiger charge is -2.22. The molecule has 2 aromatic rings. The van der Waals surface area contributed by atoms with E-state index in [0.717, 1.165) is 16.8 Å². The zero-order chi connectivity index (χ0) is 20.0. The van der Waals surface area contributed by atoms with Crippen molar-refractivity contribution >= 4 is 17.5 Å². The van der Waals surface area contributed by atoms with Gasteiger partial charge in [-0.25, -0.2) is 0 Å². The van der Waals surface area contributed by atoms with Gasteiger partial charge in [0.25, 0.3) is 5.91 Å². The Balaban J connectivity index is 2.10. The average Bonchev–Trinajstić information content (AvgIpc) is 2.63. The summed E-state index contributed by atoms with van der Waals surface area (Å²) >= 11 is 0. The van der Waals surface area contributed by atoms with Crippen molar-refractivity contribution in [1.82, 2.24) is 5.32 Å². The van der Waals surface area contributed by atoms with E-state index in [2.05, 4.69) is 10.6 Å². The number of ether oxygens (including phenoxy) is 1. The van der Waals surface area contributed by atoms with Gasteiger partial charge in [0.2, 0.25) is 5.91 Å². The lowest BCUT2D eigenvalue weighted by atomic mass is 10.0. The maximum atomic E-state index is 12.8. The van der Waals surface area contributed by atoms with E-state index in [1.807, 2.05) is 52.8 Å². The van der Waals surface area contributed by atoms with Crippen molar-refractivity contribution in [2.24, 2.45) is 5.92 Å². The van der Waals surface area contributed by atoms with Crippen LogP contribution in [0.5, 0.6) is 5.75 Å². The highest BCUT2D eigenvalue weighted by Gasteiger charge is 2.25. The van der Waals surface area contributed by atoms with Gasteiger partial charge in [0.1, 0.15) is 11.8 Å². The molecule has 0 aromatic heterocycles. The average molecular weight is 368 g/mol. The minimum Gasteiger partial charge on any atom is -0.494 e. The second-order valence-corrected chi connectivity index (χ2v) is 6.96. The number of benzene rings is 2. The summed E-state index contributed by atoms with van der Waals surface area (Å²) in [6, 6.07) is 12.1. The van der Waals surface area contributed by atoms with Crippen molar-refractivity contribution in [2.45, 2.75) is 40.7 Å². The smallest absolute Gasteiger partial charge is 0.251 e. The summed E-state index contributed by atoms with van der Waals surface area (Å²) in [7, 11) is 0. The first kappa shape index (κ1) is 20.5. The van der Waals surface area contributed by atoms with Crippen LogP contribution >= 0.6 is 0 Å². The van der Waals surface area contributed by atoms with Gasteiger partial charge in [0.15, 0.2) is 0 Å². The number of carbonyl (C=O) groups excluding carboxylic acids is 2. The summed E-state index contributed by atoms with van der Waals surface area (Å²) in [6.45, 7) is 10.2. The van der Waals surface area contributed by atoms with Gasteiger partial charge in [-0.3, -0.25) is 9.59 Å². The van der Waals surface area contributed by atoms with E-state index in [0.29, 0.717) is 17.9 Å². The number of rotatable bonds is 7. The zero-order valence-electron chi connectivity index (χ0n) is 16.6. The number of amides is 2. The molecule has 0 aliphatic rings. The minimum absolute atomic E-state index is 0.0539. The lowest BCUT2D eigenvalue weighted by Crippen LogP contribution is -2.47. The highest BCUT2D eigenvalue weighted by Crippen LogP contribution is 2.18. The first-order chi connectivity index (χ1) is 12.8. The molecule has 144 valence electrons. The number of nitrogens with one attached hydrogen (secondary N) is 2. The molecule has 2 N–H and O–H groups in total. The first-order valence-corrected chi connectivity index (χ1v) is 9.23. The molecule has 1 atom stereocenters. The molecule has 2 aromatic carbocycles. The Morgan fingerprint density at radius 1 is 1.04 bits per heavy atom. The third kappa shape index (κ3) is 5.58. The Morgan fingerprint density at radius 2 is 1.70 bits per heavy atom. The molecule has 2 amide bonds. The Morgan fingerprint density at radius 3 is 2.30 bits per heavy atom. The summed E-state index contributed by atoms with van der Waals surface area (Å²) in [5.41, 5.74) is 3.30. The van der Waals surface area contributed by atoms with Crippen molar-refractivity contribution in [1.29, 1.82) is 0 Å². The van der Waals surface area contributed by atoms with Gasteiger partial charge in [0, 0.05) is 11.3 Å². The summed E-state index contributed by atoms with van der Waals surface area (Å²) in [6.07, 6.45) is 0. The predicted octanol–water partition coefficient (Wildman–Crippen LogP) is 4.10. The molecule has 27 heavy (non-hydrogen) atoms. The fourth-order valence-electron chi connectivity index (χ4n) is 2.71. The number of anilines is 1. The maximum absolute atomic E-state index is 12.8. The van der Waals surface area contributed by atoms with Crippen molar-refractivity contribution in [3.05, 3.63) is 59.2 Å². The molecule has 5 heteroatoms. The van der Waals surface area contributed by atoms with Crippen LogP contribution in [0.15, 0.2) is 42.5 Å². The minimum atomic E-state index is -0.635. The molecule has 0 heterocycles. The molecule has 0 radical (unpaired) electrons. The third-order valence-electron chi connectivity index (χ3n) is 4.31. The van der Waals surface area contributed by atoms with Gasteiger partial charge in [-0.2, -0.15) is 0 Å². The topological polar surface area (TPSA) is 67.4 Å². The highest BCUT2D eigenvalue weighted by atomic mass is 16.5. The first-order valence-electron chi connectivity index (χ1n) is 9.23. The molecule has 0 aliphatic heterocycles. The van der Waals surface area contributed by atoms with Crippen molar-refractivity contribution in [3.63, 3.8) is 0 Å². The summed E-state index contributed by atoms with van der Waals surface area (Å²) in [5, 5.41) is 5.79. The normalized spacial score (nSPS) is 11.8. The predicted molar refractivity (Wildman–Crippen MR) is 108 cm³/mol. The number of hydrogen-bond donors (Lipinski definition) is 2. The van der Waals surface area contributed by atoms with E-state index in [-0.39, 0.29) is 17.7 Å². The maximum Gasteiger partial charge on any atom is 0.251 e. The number of carbonyl (C=O) groups is 2. The lowest BCUT2D eigenvalue weighted by molar-refractivity contribution is -0.118. The largest absolute Gasteiger partial charge is 0.494 e. The standard InChI is InChI=1S/C22H28N2O3/c1-6-27-18-11-9-17(10-12-18)21(25)24-20(14(2)3)22(26)23-19-13-15(4)7-8-16(19)5/h7-14,20H,6H2,1-5H3,(H,23,26)(H,24,25)/t20-/m0/s1. The zero-order valence-corrected chi connectivity index (χ0v) is 16.6. The summed E-state index contributed by atoms with van der Waals surface area (Å²) in [4.78, 5) is 25.4. The Bertz CT molecular complexity index is 798. The van der Waals surface area contributed by atoms with Gasteiger partial charge in [-0.15, -0.1) is 0 Å². The van der Waals surface area contributed by atoms with E-state index in [4.69, 9.17) is 4.74 Å². The van der Waals surface area contributed by atoms with Crippen molar-refractivity contribution in [2.75, 3.05) is 11.9 Å². The fraction of sp³-hybridized carbons (Fsp3) is 0.364. The van der Waals surface area contributed by atoms with Gasteiger partial charge in [-0.1, -0.05) is 26.0 Å². The molecular weight excluding hydrogens is 340 g/mol. The van der Waals surface area contributed by atoms with Crippen LogP contribution in [0.4, 0.5) is 5.69 Å². The second kappa shape index (κ2) is 9.21. The molecule has 2 rings (SSSR count). The Labute approximate surface area is 161 Å². The molecule has 5 nitrogen and oxygen atoms in total. The van der Waals surface area contributed by atoms with E-state index in [9.17, 15) is 9.59 Å². The summed E-state index contributed by atoms with van der Waals surface area (Å²) in [5.74, 6) is 0.148. The third-order valence-corrected chi connectivity index (χ3v) is 4.31. The van der Waals surface area contributed by atoms with E-state index >= 15 is 0 Å². The van der Waals surface area contributed by atoms with Crippen molar-refractivity contribution in [3.8, 4) is 5.75 Å². The molecule has 0 saturated heterocycles. The molecule has 0 spiro atoms. The Hall–Kier alpha value is -2.82. The number of hydrogen-bond acceptors (Lipinski definition) is 3. The van der Waals surface area contributed by atoms with Crippen LogP contribution in [0, 0.1) is 19.8 Å². The molecule has 0 aliphatic carbocycles. The summed E-state index contributed by atoms with van der Waals surface area (Å²) < 4.78 is 5.39. The van der Waals surface area contributed by atoms with Gasteiger partial charge in [0.05, 0.1) is 6.61 Å².